The van der Waals surface area contributed by atoms with Crippen molar-refractivity contribution in [2.75, 3.05) is 25.2 Å². The average molecular weight is 274 g/mol. The van der Waals surface area contributed by atoms with Gasteiger partial charge in [-0.15, -0.1) is 0 Å². The van der Waals surface area contributed by atoms with Gasteiger partial charge >= 0.3 is 0 Å². The van der Waals surface area contributed by atoms with Crippen LogP contribution >= 0.6 is 0 Å². The highest BCUT2D eigenvalue weighted by Crippen LogP contribution is 2.22. The molecule has 0 fully saturated rings. The molecule has 1 aliphatic rings. The molecule has 0 aromatic heterocycles. The van der Waals surface area contributed by atoms with Gasteiger partial charge in [-0.05, 0) is 30.7 Å². The molecule has 0 unspecified atom stereocenters. The molecular weight excluding hydrogens is 248 g/mol. The van der Waals surface area contributed by atoms with E-state index in [0.29, 0.717) is 0 Å². The summed E-state index contributed by atoms with van der Waals surface area (Å²) in [5.74, 6) is 0.907. The summed E-state index contributed by atoms with van der Waals surface area (Å²) in [6.07, 6.45) is 11.1. The van der Waals surface area contributed by atoms with Crippen LogP contribution in [-0.4, -0.2) is 25.2 Å². The number of hydrogen-bond acceptors (Lipinski definition) is 3. The first-order chi connectivity index (χ1) is 9.83. The zero-order valence-corrected chi connectivity index (χ0v) is 12.7. The van der Waals surface area contributed by atoms with Crippen molar-refractivity contribution in [3.63, 3.8) is 0 Å². The van der Waals surface area contributed by atoms with Crippen molar-refractivity contribution >= 4 is 5.69 Å². The second-order valence-corrected chi connectivity index (χ2v) is 5.33. The molecule has 20 heavy (non-hydrogen) atoms. The van der Waals surface area contributed by atoms with E-state index in [-0.39, 0.29) is 0 Å². The minimum atomic E-state index is 0.907. The van der Waals surface area contributed by atoms with Gasteiger partial charge in [-0.2, -0.15) is 0 Å². The van der Waals surface area contributed by atoms with Crippen molar-refractivity contribution in [2.24, 2.45) is 0 Å². The third-order valence-electron chi connectivity index (χ3n) is 3.74. The predicted octanol–water partition coefficient (Wildman–Crippen LogP) is 4.22. The third kappa shape index (κ3) is 4.19. The standard InChI is InChI=1S/C17H26N2O/c1-3-4-5-6-7-12-18-13-14-19(15-18)16-8-10-17(20-2)11-9-16/h8-11,13-14H,3-7,12,15H2,1-2H3. The molecule has 0 atom stereocenters. The van der Waals surface area contributed by atoms with Gasteiger partial charge in [0.15, 0.2) is 0 Å². The molecule has 0 saturated carbocycles. The average Bonchev–Trinajstić information content (AvgIpc) is 2.96. The van der Waals surface area contributed by atoms with Gasteiger partial charge in [0.05, 0.1) is 13.8 Å². The Morgan fingerprint density at radius 1 is 1.00 bits per heavy atom. The lowest BCUT2D eigenvalue weighted by atomic mass is 10.1. The van der Waals surface area contributed by atoms with Crippen LogP contribution in [0.25, 0.3) is 0 Å². The number of hydrogen-bond donors (Lipinski definition) is 0. The highest BCUT2D eigenvalue weighted by Gasteiger charge is 2.13. The largest absolute Gasteiger partial charge is 0.497 e. The van der Waals surface area contributed by atoms with Crippen LogP contribution in [0.3, 0.4) is 0 Å². The Bertz CT molecular complexity index is 414. The molecule has 2 rings (SSSR count). The lowest BCUT2D eigenvalue weighted by Crippen LogP contribution is -2.25. The van der Waals surface area contributed by atoms with E-state index in [2.05, 4.69) is 41.3 Å². The molecule has 0 bridgehead atoms. The van der Waals surface area contributed by atoms with Crippen LogP contribution in [0.15, 0.2) is 36.7 Å². The number of ether oxygens (including phenoxy) is 1. The number of anilines is 1. The van der Waals surface area contributed by atoms with Crippen molar-refractivity contribution in [2.45, 2.75) is 39.0 Å². The molecule has 1 aliphatic heterocycles. The molecule has 0 radical (unpaired) electrons. The Hall–Kier alpha value is -1.64. The molecule has 0 saturated heterocycles. The molecule has 0 spiro atoms. The highest BCUT2D eigenvalue weighted by atomic mass is 16.5. The topological polar surface area (TPSA) is 15.7 Å². The van der Waals surface area contributed by atoms with E-state index in [1.165, 1.54) is 37.8 Å². The van der Waals surface area contributed by atoms with Crippen molar-refractivity contribution < 1.29 is 4.74 Å². The maximum Gasteiger partial charge on any atom is 0.119 e. The van der Waals surface area contributed by atoms with E-state index in [0.717, 1.165) is 19.0 Å². The Balaban J connectivity index is 1.73. The van der Waals surface area contributed by atoms with Crippen molar-refractivity contribution in [3.05, 3.63) is 36.7 Å². The van der Waals surface area contributed by atoms with Gasteiger partial charge in [0.1, 0.15) is 5.75 Å². The highest BCUT2D eigenvalue weighted by molar-refractivity contribution is 5.52. The molecular formula is C17H26N2O. The smallest absolute Gasteiger partial charge is 0.119 e. The molecule has 0 aliphatic carbocycles. The summed E-state index contributed by atoms with van der Waals surface area (Å²) in [6.45, 7) is 4.38. The molecule has 3 heteroatoms. The summed E-state index contributed by atoms with van der Waals surface area (Å²) < 4.78 is 5.19. The summed E-state index contributed by atoms with van der Waals surface area (Å²) >= 11 is 0. The quantitative estimate of drug-likeness (QED) is 0.660. The summed E-state index contributed by atoms with van der Waals surface area (Å²) in [7, 11) is 1.70. The number of rotatable bonds is 8. The van der Waals surface area contributed by atoms with Gasteiger partial charge in [-0.3, -0.25) is 0 Å². The van der Waals surface area contributed by atoms with Crippen LogP contribution in [0.4, 0.5) is 5.69 Å². The fourth-order valence-electron chi connectivity index (χ4n) is 2.47. The zero-order valence-electron chi connectivity index (χ0n) is 12.7. The second kappa shape index (κ2) is 7.83. The minimum Gasteiger partial charge on any atom is -0.497 e. The van der Waals surface area contributed by atoms with E-state index in [1.807, 2.05) is 12.1 Å². The number of unbranched alkanes of at least 4 members (excludes halogenated alkanes) is 4. The van der Waals surface area contributed by atoms with Crippen LogP contribution in [0.2, 0.25) is 0 Å². The van der Waals surface area contributed by atoms with Crippen LogP contribution in [0.5, 0.6) is 5.75 Å². The van der Waals surface area contributed by atoms with Crippen molar-refractivity contribution in [1.82, 2.24) is 4.90 Å². The van der Waals surface area contributed by atoms with E-state index < -0.39 is 0 Å². The molecule has 3 nitrogen and oxygen atoms in total. The van der Waals surface area contributed by atoms with E-state index in [1.54, 1.807) is 7.11 Å². The molecule has 1 aromatic rings. The zero-order chi connectivity index (χ0) is 14.2. The summed E-state index contributed by atoms with van der Waals surface area (Å²) in [4.78, 5) is 4.65. The first kappa shape index (κ1) is 14.8. The Kier molecular flexibility index (Phi) is 5.78. The first-order valence-electron chi connectivity index (χ1n) is 7.66. The van der Waals surface area contributed by atoms with Gasteiger partial charge in [0.2, 0.25) is 0 Å². The molecule has 110 valence electrons. The lowest BCUT2D eigenvalue weighted by Gasteiger charge is -2.21. The van der Waals surface area contributed by atoms with Gasteiger partial charge in [-0.25, -0.2) is 0 Å². The van der Waals surface area contributed by atoms with Crippen LogP contribution < -0.4 is 9.64 Å². The van der Waals surface area contributed by atoms with Crippen LogP contribution in [0.1, 0.15) is 39.0 Å². The fourth-order valence-corrected chi connectivity index (χ4v) is 2.47. The minimum absolute atomic E-state index is 0.907. The summed E-state index contributed by atoms with van der Waals surface area (Å²) in [5.41, 5.74) is 1.22. The van der Waals surface area contributed by atoms with Gasteiger partial charge in [0.25, 0.3) is 0 Å². The summed E-state index contributed by atoms with van der Waals surface area (Å²) in [6, 6.07) is 8.23. The van der Waals surface area contributed by atoms with Crippen LogP contribution in [0, 0.1) is 0 Å². The van der Waals surface area contributed by atoms with E-state index in [4.69, 9.17) is 4.74 Å². The van der Waals surface area contributed by atoms with Gasteiger partial charge < -0.3 is 14.5 Å². The molecule has 1 aromatic carbocycles. The van der Waals surface area contributed by atoms with Crippen molar-refractivity contribution in [1.29, 1.82) is 0 Å². The van der Waals surface area contributed by atoms with Crippen LogP contribution in [-0.2, 0) is 0 Å². The number of benzene rings is 1. The second-order valence-electron chi connectivity index (χ2n) is 5.33. The fraction of sp³-hybridized carbons (Fsp3) is 0.529. The monoisotopic (exact) mass is 274 g/mol. The maximum atomic E-state index is 5.19. The summed E-state index contributed by atoms with van der Waals surface area (Å²) in [5, 5.41) is 0. The predicted molar refractivity (Wildman–Crippen MR) is 84.9 cm³/mol. The molecule has 1 heterocycles. The van der Waals surface area contributed by atoms with Gasteiger partial charge in [0, 0.05) is 24.6 Å². The van der Waals surface area contributed by atoms with Crippen molar-refractivity contribution in [3.8, 4) is 5.75 Å². The number of nitrogens with zero attached hydrogens (tertiary/aromatic N) is 2. The molecule has 0 N–H and O–H groups in total. The van der Waals surface area contributed by atoms with Gasteiger partial charge in [-0.1, -0.05) is 32.6 Å². The third-order valence-corrected chi connectivity index (χ3v) is 3.74. The Morgan fingerprint density at radius 3 is 2.45 bits per heavy atom. The van der Waals surface area contributed by atoms with E-state index in [9.17, 15) is 0 Å². The lowest BCUT2D eigenvalue weighted by molar-refractivity contribution is 0.388. The maximum absolute atomic E-state index is 5.19. The first-order valence-corrected chi connectivity index (χ1v) is 7.66. The Labute approximate surface area is 122 Å². The van der Waals surface area contributed by atoms with E-state index >= 15 is 0 Å². The number of methoxy groups -OCH3 is 1. The Morgan fingerprint density at radius 2 is 1.75 bits per heavy atom. The molecule has 0 amide bonds. The normalized spacial score (nSPS) is 14.1. The SMILES string of the molecule is CCCCCCCN1C=CN(c2ccc(OC)cc2)C1.